The molecule has 0 aliphatic heterocycles. The Kier molecular flexibility index (Phi) is 6.15. The van der Waals surface area contributed by atoms with Gasteiger partial charge in [0.25, 0.3) is 5.91 Å². The predicted molar refractivity (Wildman–Crippen MR) is 91.3 cm³/mol. The van der Waals surface area contributed by atoms with E-state index in [-0.39, 0.29) is 12.3 Å². The monoisotopic (exact) mass is 381 g/mol. The first-order valence-electron chi connectivity index (χ1n) is 6.92. The van der Waals surface area contributed by atoms with Gasteiger partial charge in [-0.25, -0.2) is 0 Å². The van der Waals surface area contributed by atoms with Gasteiger partial charge in [0.05, 0.1) is 4.88 Å². The topological polar surface area (TPSA) is 66.4 Å². The van der Waals surface area contributed by atoms with Crippen LogP contribution in [-0.4, -0.2) is 23.5 Å². The largest absolute Gasteiger partial charge is 0.481 e. The van der Waals surface area contributed by atoms with E-state index < -0.39 is 5.97 Å². The lowest BCUT2D eigenvalue weighted by atomic mass is 10.2. The van der Waals surface area contributed by atoms with Crippen LogP contribution in [0, 0.1) is 0 Å². The van der Waals surface area contributed by atoms with Crippen molar-refractivity contribution in [3.8, 4) is 10.4 Å². The zero-order chi connectivity index (χ0) is 15.9. The fourth-order valence-electron chi connectivity index (χ4n) is 1.92. The van der Waals surface area contributed by atoms with Crippen molar-refractivity contribution >= 4 is 39.1 Å². The first kappa shape index (κ1) is 16.7. The standard InChI is InChI=1S/C16H16BrNO3S/c17-12-6-4-11(5-7-12)13-8-9-14(22-13)16(21)18-10-2-1-3-15(19)20/h4-9H,1-3,10H2,(H,18,21)(H,19,20). The molecule has 2 aromatic rings. The van der Waals surface area contributed by atoms with E-state index in [4.69, 9.17) is 5.11 Å². The molecule has 2 N–H and O–H groups in total. The van der Waals surface area contributed by atoms with Crippen LogP contribution in [0.5, 0.6) is 0 Å². The van der Waals surface area contributed by atoms with Crippen LogP contribution in [0.15, 0.2) is 40.9 Å². The molecule has 0 atom stereocenters. The van der Waals surface area contributed by atoms with Crippen molar-refractivity contribution in [2.75, 3.05) is 6.54 Å². The Bertz CT molecular complexity index is 652. The van der Waals surface area contributed by atoms with E-state index in [9.17, 15) is 9.59 Å². The number of benzene rings is 1. The second-order valence-electron chi connectivity index (χ2n) is 4.78. The average molecular weight is 382 g/mol. The van der Waals surface area contributed by atoms with Gasteiger partial charge in [-0.15, -0.1) is 11.3 Å². The highest BCUT2D eigenvalue weighted by atomic mass is 79.9. The number of thiophene rings is 1. The van der Waals surface area contributed by atoms with Crippen molar-refractivity contribution in [1.29, 1.82) is 0 Å². The smallest absolute Gasteiger partial charge is 0.303 e. The molecule has 0 aliphatic carbocycles. The molecular formula is C16H16BrNO3S. The van der Waals surface area contributed by atoms with Gasteiger partial charge < -0.3 is 10.4 Å². The minimum Gasteiger partial charge on any atom is -0.481 e. The summed E-state index contributed by atoms with van der Waals surface area (Å²) >= 11 is 4.85. The molecule has 1 aromatic carbocycles. The predicted octanol–water partition coefficient (Wildman–Crippen LogP) is 4.16. The van der Waals surface area contributed by atoms with Crippen molar-refractivity contribution in [3.05, 3.63) is 45.7 Å². The Balaban J connectivity index is 1.86. The molecule has 1 aromatic heterocycles. The van der Waals surface area contributed by atoms with Gasteiger partial charge in [0, 0.05) is 22.3 Å². The third kappa shape index (κ3) is 4.96. The van der Waals surface area contributed by atoms with Crippen LogP contribution in [0.3, 0.4) is 0 Å². The number of aliphatic carboxylic acids is 1. The Labute approximate surface area is 141 Å². The Morgan fingerprint density at radius 1 is 1.09 bits per heavy atom. The summed E-state index contributed by atoms with van der Waals surface area (Å²) in [6.07, 6.45) is 1.38. The maximum absolute atomic E-state index is 12.0. The van der Waals surface area contributed by atoms with Crippen molar-refractivity contribution < 1.29 is 14.7 Å². The lowest BCUT2D eigenvalue weighted by molar-refractivity contribution is -0.137. The summed E-state index contributed by atoms with van der Waals surface area (Å²) < 4.78 is 1.02. The number of hydrogen-bond donors (Lipinski definition) is 2. The molecule has 22 heavy (non-hydrogen) atoms. The fourth-order valence-corrected chi connectivity index (χ4v) is 3.11. The summed E-state index contributed by atoms with van der Waals surface area (Å²) in [7, 11) is 0. The molecular weight excluding hydrogens is 366 g/mol. The number of hydrogen-bond acceptors (Lipinski definition) is 3. The number of rotatable bonds is 7. The average Bonchev–Trinajstić information content (AvgIpc) is 2.97. The maximum atomic E-state index is 12.0. The third-order valence-corrected chi connectivity index (χ3v) is 4.72. The van der Waals surface area contributed by atoms with E-state index in [2.05, 4.69) is 21.2 Å². The van der Waals surface area contributed by atoms with E-state index in [1.165, 1.54) is 11.3 Å². The van der Waals surface area contributed by atoms with Crippen LogP contribution in [0.4, 0.5) is 0 Å². The normalized spacial score (nSPS) is 10.4. The molecule has 0 unspecified atom stereocenters. The lowest BCUT2D eigenvalue weighted by Crippen LogP contribution is -2.23. The van der Waals surface area contributed by atoms with E-state index >= 15 is 0 Å². The van der Waals surface area contributed by atoms with Gasteiger partial charge in [-0.2, -0.15) is 0 Å². The molecule has 0 spiro atoms. The molecule has 0 saturated heterocycles. The zero-order valence-electron chi connectivity index (χ0n) is 11.8. The van der Waals surface area contributed by atoms with Crippen LogP contribution in [0.1, 0.15) is 28.9 Å². The lowest BCUT2D eigenvalue weighted by Gasteiger charge is -2.02. The number of unbranched alkanes of at least 4 members (excludes halogenated alkanes) is 1. The molecule has 6 heteroatoms. The second kappa shape index (κ2) is 8.10. The van der Waals surface area contributed by atoms with E-state index in [0.29, 0.717) is 24.3 Å². The van der Waals surface area contributed by atoms with Crippen LogP contribution in [0.25, 0.3) is 10.4 Å². The summed E-state index contributed by atoms with van der Waals surface area (Å²) in [6.45, 7) is 0.498. The maximum Gasteiger partial charge on any atom is 0.303 e. The van der Waals surface area contributed by atoms with Crippen molar-refractivity contribution in [2.24, 2.45) is 0 Å². The molecule has 0 bridgehead atoms. The van der Waals surface area contributed by atoms with E-state index in [1.807, 2.05) is 36.4 Å². The molecule has 0 fully saturated rings. The zero-order valence-corrected chi connectivity index (χ0v) is 14.2. The Morgan fingerprint density at radius 3 is 2.50 bits per heavy atom. The highest BCUT2D eigenvalue weighted by Crippen LogP contribution is 2.29. The van der Waals surface area contributed by atoms with E-state index in [0.717, 1.165) is 14.9 Å². The first-order chi connectivity index (χ1) is 10.6. The van der Waals surface area contributed by atoms with Crippen molar-refractivity contribution in [2.45, 2.75) is 19.3 Å². The van der Waals surface area contributed by atoms with Crippen molar-refractivity contribution in [1.82, 2.24) is 5.32 Å². The highest BCUT2D eigenvalue weighted by molar-refractivity contribution is 9.10. The second-order valence-corrected chi connectivity index (χ2v) is 6.78. The van der Waals surface area contributed by atoms with Gasteiger partial charge in [-0.3, -0.25) is 9.59 Å². The molecule has 1 amide bonds. The summed E-state index contributed by atoms with van der Waals surface area (Å²) in [4.78, 5) is 24.1. The van der Waals surface area contributed by atoms with Gasteiger partial charge in [0.15, 0.2) is 0 Å². The van der Waals surface area contributed by atoms with Crippen LogP contribution in [-0.2, 0) is 4.79 Å². The summed E-state index contributed by atoms with van der Waals surface area (Å²) in [5, 5.41) is 11.4. The molecule has 2 rings (SSSR count). The third-order valence-electron chi connectivity index (χ3n) is 3.06. The number of carbonyl (C=O) groups is 2. The number of halogens is 1. The van der Waals surface area contributed by atoms with Gasteiger partial charge in [0.1, 0.15) is 0 Å². The quantitative estimate of drug-likeness (QED) is 0.707. The fraction of sp³-hybridized carbons (Fsp3) is 0.250. The number of amides is 1. The molecule has 0 radical (unpaired) electrons. The molecule has 1 heterocycles. The van der Waals surface area contributed by atoms with Gasteiger partial charge in [-0.1, -0.05) is 28.1 Å². The minimum atomic E-state index is -0.802. The molecule has 116 valence electrons. The summed E-state index contributed by atoms with van der Waals surface area (Å²) in [5.41, 5.74) is 1.08. The summed E-state index contributed by atoms with van der Waals surface area (Å²) in [5.74, 6) is -0.910. The Hall–Kier alpha value is -1.66. The molecule has 0 aliphatic rings. The SMILES string of the molecule is O=C(O)CCCCNC(=O)c1ccc(-c2ccc(Br)cc2)s1. The van der Waals surface area contributed by atoms with E-state index in [1.54, 1.807) is 0 Å². The van der Waals surface area contributed by atoms with Gasteiger partial charge >= 0.3 is 5.97 Å². The van der Waals surface area contributed by atoms with Crippen LogP contribution in [0.2, 0.25) is 0 Å². The van der Waals surface area contributed by atoms with Crippen molar-refractivity contribution in [3.63, 3.8) is 0 Å². The number of carboxylic acids is 1. The number of carbonyl (C=O) groups excluding carboxylic acids is 1. The Morgan fingerprint density at radius 2 is 1.82 bits per heavy atom. The van der Waals surface area contributed by atoms with Gasteiger partial charge in [0.2, 0.25) is 0 Å². The minimum absolute atomic E-state index is 0.108. The number of carboxylic acid groups (broad SMARTS) is 1. The highest BCUT2D eigenvalue weighted by Gasteiger charge is 2.10. The molecule has 4 nitrogen and oxygen atoms in total. The van der Waals surface area contributed by atoms with Gasteiger partial charge in [-0.05, 0) is 42.7 Å². The van der Waals surface area contributed by atoms with Crippen LogP contribution >= 0.6 is 27.3 Å². The number of nitrogens with one attached hydrogen (secondary N) is 1. The molecule has 0 saturated carbocycles. The van der Waals surface area contributed by atoms with Crippen LogP contribution < -0.4 is 5.32 Å². The summed E-state index contributed by atoms with van der Waals surface area (Å²) in [6, 6.07) is 11.7. The first-order valence-corrected chi connectivity index (χ1v) is 8.53.